The number of nitrogens with one attached hydrogen (secondary N) is 1. The van der Waals surface area contributed by atoms with Crippen LogP contribution in [-0.4, -0.2) is 30.3 Å². The monoisotopic (exact) mass is 326 g/mol. The van der Waals surface area contributed by atoms with Crippen LogP contribution in [0, 0.1) is 0 Å². The van der Waals surface area contributed by atoms with Gasteiger partial charge in [-0.2, -0.15) is 0 Å². The summed E-state index contributed by atoms with van der Waals surface area (Å²) in [5, 5.41) is 3.63. The Labute approximate surface area is 124 Å². The van der Waals surface area contributed by atoms with E-state index in [9.17, 15) is 0 Å². The molecule has 2 heterocycles. The lowest BCUT2D eigenvalue weighted by atomic mass is 9.98. The van der Waals surface area contributed by atoms with Crippen LogP contribution in [0.1, 0.15) is 38.3 Å². The molecule has 1 N–H and O–H groups in total. The van der Waals surface area contributed by atoms with Crippen molar-refractivity contribution < 1.29 is 4.74 Å². The average molecular weight is 327 g/mol. The number of ether oxygens (including phenoxy) is 1. The Morgan fingerprint density at radius 1 is 1.47 bits per heavy atom. The second-order valence-electron chi connectivity index (χ2n) is 5.14. The molecule has 0 amide bonds. The topological polar surface area (TPSA) is 34.2 Å². The molecule has 1 saturated heterocycles. The van der Waals surface area contributed by atoms with E-state index in [0.717, 1.165) is 42.6 Å². The Morgan fingerprint density at radius 3 is 3.00 bits per heavy atom. The third kappa shape index (κ3) is 4.86. The van der Waals surface area contributed by atoms with Gasteiger partial charge in [-0.15, -0.1) is 0 Å². The summed E-state index contributed by atoms with van der Waals surface area (Å²) in [6.07, 6.45) is 7.95. The number of hydrogen-bond acceptors (Lipinski definition) is 3. The summed E-state index contributed by atoms with van der Waals surface area (Å²) in [5.41, 5.74) is 1.13. The molecule has 3 nitrogen and oxygen atoms in total. The van der Waals surface area contributed by atoms with Crippen LogP contribution in [0.5, 0.6) is 0 Å². The molecule has 2 atom stereocenters. The third-order valence-corrected chi connectivity index (χ3v) is 4.01. The molecule has 0 spiro atoms. The highest BCUT2D eigenvalue weighted by molar-refractivity contribution is 9.10. The van der Waals surface area contributed by atoms with Crippen LogP contribution in [0.3, 0.4) is 0 Å². The van der Waals surface area contributed by atoms with Crippen molar-refractivity contribution in [3.05, 3.63) is 28.5 Å². The molecule has 1 aromatic rings. The predicted octanol–water partition coefficient (Wildman–Crippen LogP) is 3.32. The van der Waals surface area contributed by atoms with Crippen LogP contribution in [-0.2, 0) is 11.2 Å². The average Bonchev–Trinajstić information content (AvgIpc) is 2.46. The molecule has 0 radical (unpaired) electrons. The molecule has 1 aliphatic rings. The molecule has 0 bridgehead atoms. The van der Waals surface area contributed by atoms with E-state index < -0.39 is 0 Å². The van der Waals surface area contributed by atoms with E-state index in [4.69, 9.17) is 4.74 Å². The normalized spacial score (nSPS) is 21.3. The summed E-state index contributed by atoms with van der Waals surface area (Å²) in [7, 11) is 0. The molecular weight excluding hydrogens is 304 g/mol. The van der Waals surface area contributed by atoms with Crippen molar-refractivity contribution in [3.8, 4) is 0 Å². The van der Waals surface area contributed by atoms with Crippen LogP contribution in [0.25, 0.3) is 0 Å². The first-order chi connectivity index (χ1) is 9.29. The lowest BCUT2D eigenvalue weighted by Gasteiger charge is -2.31. The molecular formula is C15H23BrN2O. The molecule has 2 rings (SSSR count). The molecule has 106 valence electrons. The van der Waals surface area contributed by atoms with Crippen molar-refractivity contribution in [1.82, 2.24) is 10.3 Å². The van der Waals surface area contributed by atoms with Gasteiger partial charge in [-0.05, 0) is 60.3 Å². The lowest BCUT2D eigenvalue weighted by molar-refractivity contribution is -0.00756. The fourth-order valence-electron chi connectivity index (χ4n) is 2.50. The fraction of sp³-hybridized carbons (Fsp3) is 0.667. The van der Waals surface area contributed by atoms with Gasteiger partial charge >= 0.3 is 0 Å². The van der Waals surface area contributed by atoms with Gasteiger partial charge in [0.2, 0.25) is 0 Å². The van der Waals surface area contributed by atoms with Gasteiger partial charge in [0.1, 0.15) is 0 Å². The first-order valence-electron chi connectivity index (χ1n) is 7.25. The Morgan fingerprint density at radius 2 is 2.37 bits per heavy atom. The molecule has 2 unspecified atom stereocenters. The quantitative estimate of drug-likeness (QED) is 0.870. The smallest absolute Gasteiger partial charge is 0.0731 e. The Bertz CT molecular complexity index is 363. The minimum atomic E-state index is 0.339. The second-order valence-corrected chi connectivity index (χ2v) is 6.05. The zero-order valence-electron chi connectivity index (χ0n) is 11.6. The van der Waals surface area contributed by atoms with Gasteiger partial charge in [0, 0.05) is 35.4 Å². The number of hydrogen-bond donors (Lipinski definition) is 1. The molecule has 19 heavy (non-hydrogen) atoms. The molecule has 0 saturated carbocycles. The maximum atomic E-state index is 5.93. The number of halogens is 1. The van der Waals surface area contributed by atoms with Crippen LogP contribution in [0.4, 0.5) is 0 Å². The number of aromatic nitrogens is 1. The van der Waals surface area contributed by atoms with Gasteiger partial charge in [0.25, 0.3) is 0 Å². The Hall–Kier alpha value is -0.450. The summed E-state index contributed by atoms with van der Waals surface area (Å²) in [4.78, 5) is 4.48. The van der Waals surface area contributed by atoms with Crippen molar-refractivity contribution in [2.75, 3.05) is 13.2 Å². The Balaban J connectivity index is 1.97. The van der Waals surface area contributed by atoms with E-state index in [1.165, 1.54) is 12.8 Å². The van der Waals surface area contributed by atoms with Crippen LogP contribution in [0.15, 0.2) is 22.8 Å². The maximum absolute atomic E-state index is 5.93. The van der Waals surface area contributed by atoms with E-state index in [1.54, 1.807) is 0 Å². The first-order valence-corrected chi connectivity index (χ1v) is 8.04. The largest absolute Gasteiger partial charge is 0.377 e. The summed E-state index contributed by atoms with van der Waals surface area (Å²) >= 11 is 3.43. The van der Waals surface area contributed by atoms with E-state index in [-0.39, 0.29) is 0 Å². The van der Waals surface area contributed by atoms with Gasteiger partial charge in [0.05, 0.1) is 6.10 Å². The minimum absolute atomic E-state index is 0.339. The van der Waals surface area contributed by atoms with E-state index >= 15 is 0 Å². The first kappa shape index (κ1) is 14.9. The van der Waals surface area contributed by atoms with Gasteiger partial charge in [-0.25, -0.2) is 0 Å². The molecule has 1 fully saturated rings. The summed E-state index contributed by atoms with van der Waals surface area (Å²) in [6.45, 7) is 4.15. The van der Waals surface area contributed by atoms with Crippen molar-refractivity contribution in [2.24, 2.45) is 0 Å². The van der Waals surface area contributed by atoms with Gasteiger partial charge < -0.3 is 10.1 Å². The van der Waals surface area contributed by atoms with Crippen molar-refractivity contribution in [2.45, 2.75) is 51.2 Å². The highest BCUT2D eigenvalue weighted by Crippen LogP contribution is 2.19. The number of rotatable bonds is 6. The van der Waals surface area contributed by atoms with Gasteiger partial charge in [-0.1, -0.05) is 6.92 Å². The number of nitrogens with zero attached hydrogens (tertiary/aromatic N) is 1. The zero-order chi connectivity index (χ0) is 13.5. The SMILES string of the molecule is CCCNC(Cc1ccc(Br)cn1)C1CCCCO1. The molecule has 4 heteroatoms. The van der Waals surface area contributed by atoms with Crippen LogP contribution in [0.2, 0.25) is 0 Å². The van der Waals surface area contributed by atoms with Crippen molar-refractivity contribution >= 4 is 15.9 Å². The second kappa shape index (κ2) is 7.98. The van der Waals surface area contributed by atoms with Crippen molar-refractivity contribution in [1.29, 1.82) is 0 Å². The van der Waals surface area contributed by atoms with Crippen LogP contribution >= 0.6 is 15.9 Å². The standard InChI is InChI=1S/C15H23BrN2O/c1-2-8-17-14(15-5-3-4-9-19-15)10-13-7-6-12(16)11-18-13/h6-7,11,14-15,17H,2-5,8-10H2,1H3. The van der Waals surface area contributed by atoms with Crippen LogP contribution < -0.4 is 5.32 Å². The predicted molar refractivity (Wildman–Crippen MR) is 81.3 cm³/mol. The minimum Gasteiger partial charge on any atom is -0.377 e. The molecule has 0 aliphatic carbocycles. The summed E-state index contributed by atoms with van der Waals surface area (Å²) < 4.78 is 6.96. The molecule has 1 aliphatic heterocycles. The van der Waals surface area contributed by atoms with Crippen molar-refractivity contribution in [3.63, 3.8) is 0 Å². The fourth-order valence-corrected chi connectivity index (χ4v) is 2.73. The maximum Gasteiger partial charge on any atom is 0.0731 e. The lowest BCUT2D eigenvalue weighted by Crippen LogP contribution is -2.44. The van der Waals surface area contributed by atoms with Gasteiger partial charge in [0.15, 0.2) is 0 Å². The summed E-state index contributed by atoms with van der Waals surface area (Å²) in [6, 6.07) is 4.53. The highest BCUT2D eigenvalue weighted by Gasteiger charge is 2.24. The third-order valence-electron chi connectivity index (χ3n) is 3.54. The van der Waals surface area contributed by atoms with E-state index in [2.05, 4.69) is 45.3 Å². The van der Waals surface area contributed by atoms with Gasteiger partial charge in [-0.3, -0.25) is 4.98 Å². The zero-order valence-corrected chi connectivity index (χ0v) is 13.2. The Kier molecular flexibility index (Phi) is 6.28. The highest BCUT2D eigenvalue weighted by atomic mass is 79.9. The summed E-state index contributed by atoms with van der Waals surface area (Å²) in [5.74, 6) is 0. The van der Waals surface area contributed by atoms with E-state index in [0.29, 0.717) is 12.1 Å². The molecule has 1 aromatic heterocycles. The molecule has 0 aromatic carbocycles. The van der Waals surface area contributed by atoms with E-state index in [1.807, 2.05) is 6.20 Å². The number of pyridine rings is 1.